The lowest BCUT2D eigenvalue weighted by molar-refractivity contribution is 0.411. The predicted octanol–water partition coefficient (Wildman–Crippen LogP) is 2.54. The maximum absolute atomic E-state index is 4.40. The second-order valence-corrected chi connectivity index (χ2v) is 5.28. The number of hydrogen-bond donors (Lipinski definition) is 1. The molecule has 0 spiro atoms. The average Bonchev–Trinajstić information content (AvgIpc) is 2.83. The van der Waals surface area contributed by atoms with Gasteiger partial charge in [-0.05, 0) is 43.9 Å². The third kappa shape index (κ3) is 2.40. The molecule has 4 heteroatoms. The van der Waals surface area contributed by atoms with Crippen LogP contribution in [0.1, 0.15) is 48.7 Å². The maximum atomic E-state index is 4.40. The molecule has 1 N–H and O–H groups in total. The Morgan fingerprint density at radius 1 is 1.37 bits per heavy atom. The van der Waals surface area contributed by atoms with E-state index in [4.69, 9.17) is 0 Å². The Kier molecular flexibility index (Phi) is 3.34. The highest BCUT2D eigenvalue weighted by Crippen LogP contribution is 2.31. The third-order valence-corrected chi connectivity index (χ3v) is 4.03. The molecule has 2 heterocycles. The van der Waals surface area contributed by atoms with Crippen LogP contribution < -0.4 is 5.32 Å². The largest absolute Gasteiger partial charge is 0.303 e. The summed E-state index contributed by atoms with van der Waals surface area (Å²) in [5.74, 6) is 0. The van der Waals surface area contributed by atoms with Crippen molar-refractivity contribution in [3.63, 3.8) is 0 Å². The summed E-state index contributed by atoms with van der Waals surface area (Å²) >= 11 is 0. The van der Waals surface area contributed by atoms with Gasteiger partial charge in [0, 0.05) is 42.8 Å². The smallest absolute Gasteiger partial charge is 0.0540 e. The molecule has 0 radical (unpaired) electrons. The second-order valence-electron chi connectivity index (χ2n) is 5.28. The number of nitrogens with one attached hydrogen (secondary N) is 1. The van der Waals surface area contributed by atoms with E-state index in [1.807, 2.05) is 30.3 Å². The molecule has 2 aromatic rings. The molecule has 1 unspecified atom stereocenters. The van der Waals surface area contributed by atoms with Crippen molar-refractivity contribution in [1.29, 1.82) is 0 Å². The summed E-state index contributed by atoms with van der Waals surface area (Å²) in [6.07, 6.45) is 9.29. The summed E-state index contributed by atoms with van der Waals surface area (Å²) in [5.41, 5.74) is 4.03. The fourth-order valence-corrected chi connectivity index (χ4v) is 2.93. The van der Waals surface area contributed by atoms with Crippen LogP contribution in [0.5, 0.6) is 0 Å². The van der Waals surface area contributed by atoms with Crippen LogP contribution in [-0.4, -0.2) is 14.8 Å². The van der Waals surface area contributed by atoms with Crippen LogP contribution in [0.2, 0.25) is 0 Å². The number of hydrogen-bond acceptors (Lipinski definition) is 3. The molecule has 2 atom stereocenters. The van der Waals surface area contributed by atoms with E-state index < -0.39 is 0 Å². The lowest BCUT2D eigenvalue weighted by Gasteiger charge is -2.27. The van der Waals surface area contributed by atoms with Gasteiger partial charge >= 0.3 is 0 Å². The van der Waals surface area contributed by atoms with Crippen LogP contribution in [0, 0.1) is 0 Å². The molecule has 0 aliphatic heterocycles. The molecule has 0 aromatic carbocycles. The summed E-state index contributed by atoms with van der Waals surface area (Å²) < 4.78 is 2.01. The van der Waals surface area contributed by atoms with Crippen molar-refractivity contribution < 1.29 is 0 Å². The van der Waals surface area contributed by atoms with Gasteiger partial charge in [-0.1, -0.05) is 0 Å². The average molecular weight is 256 g/mol. The molecular formula is C15H20N4. The minimum absolute atomic E-state index is 0.333. The molecule has 0 saturated carbocycles. The van der Waals surface area contributed by atoms with Gasteiger partial charge < -0.3 is 5.32 Å². The highest BCUT2D eigenvalue weighted by Gasteiger charge is 2.24. The van der Waals surface area contributed by atoms with Crippen LogP contribution in [-0.2, 0) is 13.5 Å². The van der Waals surface area contributed by atoms with E-state index in [9.17, 15) is 0 Å². The number of aryl methyl sites for hydroxylation is 1. The predicted molar refractivity (Wildman–Crippen MR) is 74.7 cm³/mol. The Morgan fingerprint density at radius 3 is 2.95 bits per heavy atom. The van der Waals surface area contributed by atoms with Crippen LogP contribution in [0.15, 0.2) is 30.7 Å². The van der Waals surface area contributed by atoms with Gasteiger partial charge in [0.25, 0.3) is 0 Å². The van der Waals surface area contributed by atoms with Gasteiger partial charge in [0.15, 0.2) is 0 Å². The molecule has 19 heavy (non-hydrogen) atoms. The number of nitrogens with zero attached hydrogens (tertiary/aromatic N) is 3. The monoisotopic (exact) mass is 256 g/mol. The molecule has 4 nitrogen and oxygen atoms in total. The first-order valence-corrected chi connectivity index (χ1v) is 6.92. The van der Waals surface area contributed by atoms with Crippen molar-refractivity contribution in [2.45, 2.75) is 38.3 Å². The number of pyridine rings is 1. The first-order chi connectivity index (χ1) is 9.25. The Balaban J connectivity index is 1.78. The van der Waals surface area contributed by atoms with Crippen molar-refractivity contribution in [1.82, 2.24) is 20.1 Å². The van der Waals surface area contributed by atoms with E-state index in [0.717, 1.165) is 6.42 Å². The molecule has 0 amide bonds. The van der Waals surface area contributed by atoms with E-state index in [0.29, 0.717) is 12.1 Å². The minimum atomic E-state index is 0.333. The quantitative estimate of drug-likeness (QED) is 0.917. The number of fused-ring (bicyclic) bond motifs is 1. The van der Waals surface area contributed by atoms with Gasteiger partial charge in [-0.3, -0.25) is 9.67 Å². The highest BCUT2D eigenvalue weighted by atomic mass is 15.3. The normalized spacial score (nSPS) is 20.0. The van der Waals surface area contributed by atoms with Crippen LogP contribution in [0.25, 0.3) is 0 Å². The Morgan fingerprint density at radius 2 is 2.16 bits per heavy atom. The van der Waals surface area contributed by atoms with Crippen LogP contribution in [0.4, 0.5) is 0 Å². The molecule has 100 valence electrons. The van der Waals surface area contributed by atoms with Gasteiger partial charge in [0.1, 0.15) is 0 Å². The molecular weight excluding hydrogens is 236 g/mol. The van der Waals surface area contributed by atoms with Gasteiger partial charge in [0.2, 0.25) is 0 Å². The van der Waals surface area contributed by atoms with Crippen molar-refractivity contribution in [3.05, 3.63) is 47.5 Å². The summed E-state index contributed by atoms with van der Waals surface area (Å²) in [7, 11) is 2.04. The summed E-state index contributed by atoms with van der Waals surface area (Å²) in [5, 5.41) is 8.12. The Hall–Kier alpha value is -1.68. The summed E-state index contributed by atoms with van der Waals surface area (Å²) in [4.78, 5) is 4.07. The van der Waals surface area contributed by atoms with E-state index in [-0.39, 0.29) is 0 Å². The zero-order valence-electron chi connectivity index (χ0n) is 11.5. The zero-order valence-corrected chi connectivity index (χ0v) is 11.5. The van der Waals surface area contributed by atoms with E-state index in [2.05, 4.69) is 34.5 Å². The first-order valence-electron chi connectivity index (χ1n) is 6.92. The standard InChI is InChI=1S/C15H20N4/c1-11(12-6-8-16-9-7-12)18-14-4-3-5-15-13(14)10-17-19(15)2/h6-11,14,18H,3-5H2,1-2H3/t11-,14?/m0/s1. The SMILES string of the molecule is C[C@H](NC1CCCc2c1cnn2C)c1ccncc1. The topological polar surface area (TPSA) is 42.7 Å². The highest BCUT2D eigenvalue weighted by molar-refractivity contribution is 5.25. The van der Waals surface area contributed by atoms with Crippen molar-refractivity contribution in [3.8, 4) is 0 Å². The molecule has 1 aliphatic carbocycles. The minimum Gasteiger partial charge on any atom is -0.303 e. The molecule has 1 aliphatic rings. The van der Waals surface area contributed by atoms with Gasteiger partial charge in [-0.15, -0.1) is 0 Å². The van der Waals surface area contributed by atoms with Gasteiger partial charge in [-0.2, -0.15) is 5.10 Å². The lowest BCUT2D eigenvalue weighted by atomic mass is 9.92. The van der Waals surface area contributed by atoms with Gasteiger partial charge in [0.05, 0.1) is 6.20 Å². The van der Waals surface area contributed by atoms with Crippen LogP contribution >= 0.6 is 0 Å². The van der Waals surface area contributed by atoms with Crippen molar-refractivity contribution >= 4 is 0 Å². The number of aromatic nitrogens is 3. The maximum Gasteiger partial charge on any atom is 0.0540 e. The first kappa shape index (κ1) is 12.4. The fraction of sp³-hybridized carbons (Fsp3) is 0.467. The Labute approximate surface area is 113 Å². The van der Waals surface area contributed by atoms with Crippen LogP contribution in [0.3, 0.4) is 0 Å². The van der Waals surface area contributed by atoms with Gasteiger partial charge in [-0.25, -0.2) is 0 Å². The summed E-state index contributed by atoms with van der Waals surface area (Å²) in [6.45, 7) is 2.21. The zero-order chi connectivity index (χ0) is 13.2. The van der Waals surface area contributed by atoms with E-state index in [1.54, 1.807) is 0 Å². The second kappa shape index (κ2) is 5.13. The Bertz CT molecular complexity index is 547. The molecule has 0 saturated heterocycles. The molecule has 0 fully saturated rings. The number of rotatable bonds is 3. The molecule has 3 rings (SSSR count). The molecule has 2 aromatic heterocycles. The third-order valence-electron chi connectivity index (χ3n) is 4.03. The fourth-order valence-electron chi connectivity index (χ4n) is 2.93. The van der Waals surface area contributed by atoms with Crippen molar-refractivity contribution in [2.75, 3.05) is 0 Å². The van der Waals surface area contributed by atoms with Crippen molar-refractivity contribution in [2.24, 2.45) is 7.05 Å². The van der Waals surface area contributed by atoms with E-state index >= 15 is 0 Å². The lowest BCUT2D eigenvalue weighted by Crippen LogP contribution is -2.27. The van der Waals surface area contributed by atoms with E-state index in [1.165, 1.54) is 29.7 Å². The summed E-state index contributed by atoms with van der Waals surface area (Å²) in [6, 6.07) is 4.90. The molecule has 0 bridgehead atoms.